The van der Waals surface area contributed by atoms with E-state index in [0.29, 0.717) is 19.3 Å². The Labute approximate surface area is 373 Å². The number of carbonyl (C=O) groups excluding carboxylic acids is 3. The Hall–Kier alpha value is -1.85. The van der Waals surface area contributed by atoms with E-state index in [1.54, 1.807) is 0 Å². The van der Waals surface area contributed by atoms with Crippen LogP contribution in [0.25, 0.3) is 0 Å². The van der Waals surface area contributed by atoms with Gasteiger partial charge in [0, 0.05) is 19.3 Å². The molecule has 0 N–H and O–H groups in total. The van der Waals surface area contributed by atoms with Gasteiger partial charge in [-0.05, 0) is 44.9 Å². The molecule has 0 aromatic carbocycles. The third-order valence-electron chi connectivity index (χ3n) is 12.0. The first-order valence-corrected chi connectivity index (χ1v) is 26.7. The normalized spacial score (nSPS) is 12.0. The van der Waals surface area contributed by atoms with E-state index >= 15 is 0 Å². The van der Waals surface area contributed by atoms with Crippen LogP contribution in [0.4, 0.5) is 0 Å². The molecule has 0 unspecified atom stereocenters. The molecule has 0 saturated carbocycles. The third kappa shape index (κ3) is 47.2. The minimum atomic E-state index is -0.763. The van der Waals surface area contributed by atoms with Gasteiger partial charge in [0.15, 0.2) is 6.10 Å². The second-order valence-corrected chi connectivity index (χ2v) is 18.2. The number of allylic oxidation sites excluding steroid dienone is 2. The van der Waals surface area contributed by atoms with Crippen LogP contribution in [0.2, 0.25) is 0 Å². The van der Waals surface area contributed by atoms with Crippen LogP contribution in [0.3, 0.4) is 0 Å². The Morgan fingerprint density at radius 3 is 0.833 bits per heavy atom. The highest BCUT2D eigenvalue weighted by atomic mass is 16.6. The fourth-order valence-corrected chi connectivity index (χ4v) is 7.97. The number of rotatable bonds is 49. The maximum absolute atomic E-state index is 12.8. The molecule has 354 valence electrons. The summed E-state index contributed by atoms with van der Waals surface area (Å²) in [6, 6.07) is 0. The van der Waals surface area contributed by atoms with Gasteiger partial charge in [-0.2, -0.15) is 0 Å². The summed E-state index contributed by atoms with van der Waals surface area (Å²) in [6.07, 6.45) is 54.8. The molecule has 6 heteroatoms. The van der Waals surface area contributed by atoms with Crippen LogP contribution in [-0.4, -0.2) is 37.2 Å². The highest BCUT2D eigenvalue weighted by Gasteiger charge is 2.19. The molecule has 0 aliphatic carbocycles. The van der Waals surface area contributed by atoms with E-state index < -0.39 is 6.10 Å². The summed E-state index contributed by atoms with van der Waals surface area (Å²) in [4.78, 5) is 37.9. The van der Waals surface area contributed by atoms with Gasteiger partial charge in [-0.15, -0.1) is 0 Å². The minimum absolute atomic E-state index is 0.0654. The van der Waals surface area contributed by atoms with Crippen LogP contribution in [0.5, 0.6) is 0 Å². The van der Waals surface area contributed by atoms with Crippen molar-refractivity contribution < 1.29 is 28.6 Å². The first kappa shape index (κ1) is 58.1. The maximum atomic E-state index is 12.8. The number of hydrogen-bond donors (Lipinski definition) is 0. The lowest BCUT2D eigenvalue weighted by Gasteiger charge is -2.18. The topological polar surface area (TPSA) is 78.9 Å². The lowest BCUT2D eigenvalue weighted by atomic mass is 10.0. The molecular formula is C54H102O6. The quantitative estimate of drug-likeness (QED) is 0.0263. The summed E-state index contributed by atoms with van der Waals surface area (Å²) < 4.78 is 16.8. The predicted octanol–water partition coefficient (Wildman–Crippen LogP) is 17.4. The van der Waals surface area contributed by atoms with Crippen molar-refractivity contribution in [2.45, 2.75) is 303 Å². The van der Waals surface area contributed by atoms with Crippen LogP contribution in [0, 0.1) is 0 Å². The third-order valence-corrected chi connectivity index (χ3v) is 12.0. The lowest BCUT2D eigenvalue weighted by Crippen LogP contribution is -2.30. The fourth-order valence-electron chi connectivity index (χ4n) is 7.97. The van der Waals surface area contributed by atoms with Crippen molar-refractivity contribution in [3.05, 3.63) is 12.2 Å². The van der Waals surface area contributed by atoms with Gasteiger partial charge in [-0.1, -0.05) is 245 Å². The van der Waals surface area contributed by atoms with Gasteiger partial charge >= 0.3 is 17.9 Å². The molecule has 0 amide bonds. The molecule has 0 fully saturated rings. The van der Waals surface area contributed by atoms with E-state index in [9.17, 15) is 14.4 Å². The van der Waals surface area contributed by atoms with Gasteiger partial charge in [-0.3, -0.25) is 14.4 Å². The number of ether oxygens (including phenoxy) is 3. The summed E-state index contributed by atoms with van der Waals surface area (Å²) in [6.45, 7) is 6.66. The molecule has 60 heavy (non-hydrogen) atoms. The highest BCUT2D eigenvalue weighted by Crippen LogP contribution is 2.16. The average Bonchev–Trinajstić information content (AvgIpc) is 3.24. The molecule has 0 radical (unpaired) electrons. The Balaban J connectivity index is 4.28. The molecular weight excluding hydrogens is 745 g/mol. The molecule has 0 saturated heterocycles. The standard InChI is InChI=1S/C54H102O6/c1-4-7-10-13-16-19-22-24-25-26-27-28-29-30-33-36-39-42-45-48-54(57)60-51(49-58-52(55)46-43-40-37-34-31-21-18-15-12-9-6-3)50-59-53(56)47-44-41-38-35-32-23-20-17-14-11-8-5-2/h24-25,51H,4-23,26-50H2,1-3H3/b25-24-/t51-/m0/s1. The average molecular weight is 847 g/mol. The Kier molecular flexibility index (Phi) is 48.3. The van der Waals surface area contributed by atoms with Crippen molar-refractivity contribution in [2.75, 3.05) is 13.2 Å². The lowest BCUT2D eigenvalue weighted by molar-refractivity contribution is -0.167. The van der Waals surface area contributed by atoms with Crippen LogP contribution < -0.4 is 0 Å². The minimum Gasteiger partial charge on any atom is -0.462 e. The summed E-state index contributed by atoms with van der Waals surface area (Å²) in [5, 5.41) is 0. The van der Waals surface area contributed by atoms with Crippen molar-refractivity contribution in [1.29, 1.82) is 0 Å². The second-order valence-electron chi connectivity index (χ2n) is 18.2. The zero-order valence-electron chi connectivity index (χ0n) is 40.5. The van der Waals surface area contributed by atoms with Crippen LogP contribution >= 0.6 is 0 Å². The van der Waals surface area contributed by atoms with E-state index in [-0.39, 0.29) is 31.1 Å². The van der Waals surface area contributed by atoms with Gasteiger partial charge in [-0.25, -0.2) is 0 Å². The molecule has 0 bridgehead atoms. The van der Waals surface area contributed by atoms with Crippen LogP contribution in [-0.2, 0) is 28.6 Å². The molecule has 1 atom stereocenters. The van der Waals surface area contributed by atoms with Gasteiger partial charge in [0.05, 0.1) is 0 Å². The molecule has 0 heterocycles. The van der Waals surface area contributed by atoms with E-state index in [1.807, 2.05) is 0 Å². The van der Waals surface area contributed by atoms with E-state index in [4.69, 9.17) is 14.2 Å². The number of hydrogen-bond acceptors (Lipinski definition) is 6. The monoisotopic (exact) mass is 847 g/mol. The van der Waals surface area contributed by atoms with Crippen LogP contribution in [0.15, 0.2) is 12.2 Å². The first-order valence-electron chi connectivity index (χ1n) is 26.7. The van der Waals surface area contributed by atoms with Gasteiger partial charge in [0.2, 0.25) is 0 Å². The summed E-state index contributed by atoms with van der Waals surface area (Å²) in [5.74, 6) is -0.851. The molecule has 0 aliphatic heterocycles. The molecule has 0 aromatic heterocycles. The van der Waals surface area contributed by atoms with Crippen molar-refractivity contribution >= 4 is 17.9 Å². The smallest absolute Gasteiger partial charge is 0.306 e. The molecule has 0 aliphatic rings. The van der Waals surface area contributed by atoms with Gasteiger partial charge < -0.3 is 14.2 Å². The first-order chi connectivity index (χ1) is 29.5. The molecule has 6 nitrogen and oxygen atoms in total. The Morgan fingerprint density at radius 1 is 0.317 bits per heavy atom. The highest BCUT2D eigenvalue weighted by molar-refractivity contribution is 5.71. The van der Waals surface area contributed by atoms with E-state index in [2.05, 4.69) is 32.9 Å². The summed E-state index contributed by atoms with van der Waals surface area (Å²) in [5.41, 5.74) is 0. The number of unbranched alkanes of at least 4 members (excludes halogenated alkanes) is 36. The van der Waals surface area contributed by atoms with E-state index in [0.717, 1.165) is 57.8 Å². The van der Waals surface area contributed by atoms with Crippen LogP contribution in [0.1, 0.15) is 297 Å². The van der Waals surface area contributed by atoms with E-state index in [1.165, 1.54) is 199 Å². The van der Waals surface area contributed by atoms with Crippen molar-refractivity contribution in [1.82, 2.24) is 0 Å². The molecule has 0 rings (SSSR count). The predicted molar refractivity (Wildman–Crippen MR) is 256 cm³/mol. The summed E-state index contributed by atoms with van der Waals surface area (Å²) >= 11 is 0. The van der Waals surface area contributed by atoms with Crippen molar-refractivity contribution in [3.8, 4) is 0 Å². The second kappa shape index (κ2) is 49.8. The van der Waals surface area contributed by atoms with Gasteiger partial charge in [0.25, 0.3) is 0 Å². The largest absolute Gasteiger partial charge is 0.462 e. The zero-order chi connectivity index (χ0) is 43.7. The Bertz CT molecular complexity index is 931. The zero-order valence-corrected chi connectivity index (χ0v) is 40.5. The van der Waals surface area contributed by atoms with Crippen molar-refractivity contribution in [2.24, 2.45) is 0 Å². The van der Waals surface area contributed by atoms with Crippen molar-refractivity contribution in [3.63, 3.8) is 0 Å². The fraction of sp³-hybridized carbons (Fsp3) is 0.907. The number of esters is 3. The van der Waals surface area contributed by atoms with Gasteiger partial charge in [0.1, 0.15) is 13.2 Å². The maximum Gasteiger partial charge on any atom is 0.306 e. The molecule has 0 aromatic rings. The Morgan fingerprint density at radius 2 is 0.550 bits per heavy atom. The molecule has 0 spiro atoms. The SMILES string of the molecule is CCCCCCCC/C=C\CCCCCCCCCCCC(=O)O[C@@H](COC(=O)CCCCCCCCCCCCC)COC(=O)CCCCCCCCCCCCCC. The number of carbonyl (C=O) groups is 3. The summed E-state index contributed by atoms with van der Waals surface area (Å²) in [7, 11) is 0.